The Morgan fingerprint density at radius 3 is 2.80 bits per heavy atom. The highest BCUT2D eigenvalue weighted by Gasteiger charge is 2.10. The molecule has 1 aromatic heterocycles. The highest BCUT2D eigenvalue weighted by molar-refractivity contribution is 5.86. The summed E-state index contributed by atoms with van der Waals surface area (Å²) in [6.45, 7) is 0.125. The second-order valence-electron chi connectivity index (χ2n) is 3.98. The molecule has 0 bridgehead atoms. The van der Waals surface area contributed by atoms with Crippen LogP contribution in [0.3, 0.4) is 0 Å². The van der Waals surface area contributed by atoms with Crippen LogP contribution in [0.25, 0.3) is 0 Å². The molecule has 1 aromatic carbocycles. The van der Waals surface area contributed by atoms with Crippen LogP contribution in [0.15, 0.2) is 47.4 Å². The molecule has 0 saturated heterocycles. The van der Waals surface area contributed by atoms with Crippen LogP contribution >= 0.6 is 0 Å². The van der Waals surface area contributed by atoms with Gasteiger partial charge in [-0.05, 0) is 29.8 Å². The Bertz CT molecular complexity index is 677. The molecule has 6 nitrogen and oxygen atoms in total. The SMILES string of the molecule is COc1cccc(COn2cccc(C(=O)O)c2=O)c1. The number of carboxylic acids is 1. The van der Waals surface area contributed by atoms with Crippen LogP contribution in [0.1, 0.15) is 15.9 Å². The average molecular weight is 275 g/mol. The lowest BCUT2D eigenvalue weighted by molar-refractivity contribution is 0.0668. The van der Waals surface area contributed by atoms with E-state index in [1.54, 1.807) is 25.3 Å². The Kier molecular flexibility index (Phi) is 4.05. The quantitative estimate of drug-likeness (QED) is 0.886. The molecule has 0 radical (unpaired) electrons. The Morgan fingerprint density at radius 2 is 2.10 bits per heavy atom. The smallest absolute Gasteiger partial charge is 0.341 e. The van der Waals surface area contributed by atoms with Gasteiger partial charge in [0.25, 0.3) is 5.56 Å². The number of rotatable bonds is 5. The predicted octanol–water partition coefficient (Wildman–Crippen LogP) is 1.18. The van der Waals surface area contributed by atoms with Gasteiger partial charge in [0.15, 0.2) is 0 Å². The summed E-state index contributed by atoms with van der Waals surface area (Å²) >= 11 is 0. The molecular formula is C14H13NO5. The minimum atomic E-state index is -1.28. The molecule has 0 aliphatic heterocycles. The van der Waals surface area contributed by atoms with E-state index >= 15 is 0 Å². The third-order valence-electron chi connectivity index (χ3n) is 2.65. The van der Waals surface area contributed by atoms with Crippen molar-refractivity contribution in [2.75, 3.05) is 7.11 Å². The van der Waals surface area contributed by atoms with Gasteiger partial charge < -0.3 is 14.7 Å². The molecular weight excluding hydrogens is 262 g/mol. The first-order valence-electron chi connectivity index (χ1n) is 5.83. The summed E-state index contributed by atoms with van der Waals surface area (Å²) in [6.07, 6.45) is 1.37. The first-order chi connectivity index (χ1) is 9.61. The van der Waals surface area contributed by atoms with Crippen LogP contribution in [0.5, 0.6) is 5.75 Å². The molecule has 0 saturated carbocycles. The molecule has 0 amide bonds. The van der Waals surface area contributed by atoms with E-state index in [1.165, 1.54) is 18.3 Å². The van der Waals surface area contributed by atoms with Crippen molar-refractivity contribution in [3.8, 4) is 5.75 Å². The summed E-state index contributed by atoms with van der Waals surface area (Å²) in [5.74, 6) is -0.605. The van der Waals surface area contributed by atoms with Crippen LogP contribution in [0.2, 0.25) is 0 Å². The largest absolute Gasteiger partial charge is 0.497 e. The van der Waals surface area contributed by atoms with Crippen molar-refractivity contribution in [2.24, 2.45) is 0 Å². The molecule has 6 heteroatoms. The Labute approximate surface area is 114 Å². The number of pyridine rings is 1. The number of ether oxygens (including phenoxy) is 1. The lowest BCUT2D eigenvalue weighted by Gasteiger charge is -2.09. The molecule has 1 heterocycles. The maximum Gasteiger partial charge on any atom is 0.341 e. The summed E-state index contributed by atoms with van der Waals surface area (Å²) in [6, 6.07) is 9.85. The van der Waals surface area contributed by atoms with Crippen LogP contribution in [-0.2, 0) is 6.61 Å². The van der Waals surface area contributed by atoms with E-state index < -0.39 is 11.5 Å². The van der Waals surface area contributed by atoms with E-state index in [-0.39, 0.29) is 12.2 Å². The van der Waals surface area contributed by atoms with E-state index in [0.717, 1.165) is 10.3 Å². The van der Waals surface area contributed by atoms with Crippen LogP contribution in [-0.4, -0.2) is 22.9 Å². The average Bonchev–Trinajstić information content (AvgIpc) is 2.46. The lowest BCUT2D eigenvalue weighted by Crippen LogP contribution is -2.30. The van der Waals surface area contributed by atoms with E-state index in [4.69, 9.17) is 14.7 Å². The zero-order valence-corrected chi connectivity index (χ0v) is 10.8. The van der Waals surface area contributed by atoms with Gasteiger partial charge in [-0.2, -0.15) is 4.73 Å². The van der Waals surface area contributed by atoms with Crippen molar-refractivity contribution in [1.82, 2.24) is 4.73 Å². The monoisotopic (exact) mass is 275 g/mol. The van der Waals surface area contributed by atoms with Gasteiger partial charge in [0.1, 0.15) is 17.9 Å². The summed E-state index contributed by atoms with van der Waals surface area (Å²) in [4.78, 5) is 27.9. The molecule has 0 aliphatic carbocycles. The van der Waals surface area contributed by atoms with Gasteiger partial charge in [-0.25, -0.2) is 4.79 Å². The fourth-order valence-electron chi connectivity index (χ4n) is 1.65. The van der Waals surface area contributed by atoms with Crippen LogP contribution < -0.4 is 15.1 Å². The third kappa shape index (κ3) is 2.97. The van der Waals surface area contributed by atoms with Gasteiger partial charge in [-0.15, -0.1) is 0 Å². The third-order valence-corrected chi connectivity index (χ3v) is 2.65. The van der Waals surface area contributed by atoms with Crippen molar-refractivity contribution < 1.29 is 19.5 Å². The number of benzene rings is 1. The van der Waals surface area contributed by atoms with Gasteiger partial charge in [-0.3, -0.25) is 4.79 Å². The van der Waals surface area contributed by atoms with Gasteiger partial charge in [0, 0.05) is 6.20 Å². The van der Waals surface area contributed by atoms with Crippen LogP contribution in [0, 0.1) is 0 Å². The first-order valence-corrected chi connectivity index (χ1v) is 5.83. The number of hydrogen-bond acceptors (Lipinski definition) is 4. The van der Waals surface area contributed by atoms with Crippen molar-refractivity contribution >= 4 is 5.97 Å². The number of carboxylic acid groups (broad SMARTS) is 1. The predicted molar refractivity (Wildman–Crippen MR) is 70.9 cm³/mol. The topological polar surface area (TPSA) is 77.8 Å². The number of carbonyl (C=O) groups is 1. The molecule has 0 unspecified atom stereocenters. The van der Waals surface area contributed by atoms with E-state index in [1.807, 2.05) is 6.07 Å². The summed E-state index contributed by atoms with van der Waals surface area (Å²) in [7, 11) is 1.56. The number of hydrogen-bond donors (Lipinski definition) is 1. The number of aromatic carboxylic acids is 1. The molecule has 0 aliphatic rings. The fraction of sp³-hybridized carbons (Fsp3) is 0.143. The Morgan fingerprint density at radius 1 is 1.30 bits per heavy atom. The first kappa shape index (κ1) is 13.7. The molecule has 1 N–H and O–H groups in total. The summed E-state index contributed by atoms with van der Waals surface area (Å²) in [5, 5.41) is 8.86. The second-order valence-corrected chi connectivity index (χ2v) is 3.98. The molecule has 20 heavy (non-hydrogen) atoms. The van der Waals surface area contributed by atoms with Gasteiger partial charge in [-0.1, -0.05) is 12.1 Å². The standard InChI is InChI=1S/C14H13NO5/c1-19-11-5-2-4-10(8-11)9-20-15-7-3-6-12(13(15)16)14(17)18/h2-8H,9H2,1H3,(H,17,18). The Balaban J connectivity index is 2.17. The van der Waals surface area contributed by atoms with Crippen molar-refractivity contribution in [1.29, 1.82) is 0 Å². The van der Waals surface area contributed by atoms with E-state index in [2.05, 4.69) is 0 Å². The lowest BCUT2D eigenvalue weighted by atomic mass is 10.2. The molecule has 0 atom stereocenters. The van der Waals surface area contributed by atoms with Crippen molar-refractivity contribution in [3.63, 3.8) is 0 Å². The van der Waals surface area contributed by atoms with Crippen molar-refractivity contribution in [2.45, 2.75) is 6.61 Å². The molecule has 2 rings (SSSR count). The normalized spacial score (nSPS) is 10.1. The summed E-state index contributed by atoms with van der Waals surface area (Å²) < 4.78 is 5.99. The van der Waals surface area contributed by atoms with E-state index in [9.17, 15) is 9.59 Å². The zero-order valence-electron chi connectivity index (χ0n) is 10.8. The van der Waals surface area contributed by atoms with Gasteiger partial charge in [0.05, 0.1) is 7.11 Å². The number of aromatic nitrogens is 1. The fourth-order valence-corrected chi connectivity index (χ4v) is 1.65. The molecule has 104 valence electrons. The molecule has 2 aromatic rings. The highest BCUT2D eigenvalue weighted by atomic mass is 16.7. The number of methoxy groups -OCH3 is 1. The van der Waals surface area contributed by atoms with Crippen molar-refractivity contribution in [3.05, 3.63) is 64.1 Å². The van der Waals surface area contributed by atoms with Gasteiger partial charge >= 0.3 is 5.97 Å². The zero-order chi connectivity index (χ0) is 14.5. The minimum Gasteiger partial charge on any atom is -0.497 e. The Hall–Kier alpha value is -2.76. The minimum absolute atomic E-state index is 0.125. The maximum atomic E-state index is 11.8. The molecule has 0 fully saturated rings. The summed E-state index contributed by atoms with van der Waals surface area (Å²) in [5.41, 5.74) is -0.238. The second kappa shape index (κ2) is 5.92. The van der Waals surface area contributed by atoms with Gasteiger partial charge in [0.2, 0.25) is 0 Å². The molecule has 0 spiro atoms. The number of nitrogens with zero attached hydrogens (tertiary/aromatic N) is 1. The van der Waals surface area contributed by atoms with E-state index in [0.29, 0.717) is 5.75 Å². The van der Waals surface area contributed by atoms with Crippen LogP contribution in [0.4, 0.5) is 0 Å². The maximum absolute atomic E-state index is 11.8. The highest BCUT2D eigenvalue weighted by Crippen LogP contribution is 2.12.